The maximum Gasteiger partial charge on any atom is 0.237 e. The third kappa shape index (κ3) is 5.01. The summed E-state index contributed by atoms with van der Waals surface area (Å²) in [6, 6.07) is 4.16. The van der Waals surface area contributed by atoms with Crippen LogP contribution in [0.5, 0.6) is 0 Å². The van der Waals surface area contributed by atoms with Gasteiger partial charge in [-0.15, -0.1) is 0 Å². The topological polar surface area (TPSA) is 78.0 Å². The van der Waals surface area contributed by atoms with E-state index in [1.165, 1.54) is 0 Å². The summed E-state index contributed by atoms with van der Waals surface area (Å²) in [5, 5.41) is 3.03. The second kappa shape index (κ2) is 9.12. The van der Waals surface area contributed by atoms with Crippen molar-refractivity contribution in [3.8, 4) is 0 Å². The monoisotopic (exact) mass is 429 g/mol. The number of hydrogen-bond acceptors (Lipinski definition) is 6. The molecular weight excluding hydrogens is 394 g/mol. The maximum atomic E-state index is 12.8. The lowest BCUT2D eigenvalue weighted by Crippen LogP contribution is -2.59. The van der Waals surface area contributed by atoms with Gasteiger partial charge in [0, 0.05) is 56.8 Å². The van der Waals surface area contributed by atoms with Gasteiger partial charge in [0.2, 0.25) is 11.8 Å². The van der Waals surface area contributed by atoms with E-state index in [0.29, 0.717) is 6.42 Å². The van der Waals surface area contributed by atoms with Crippen molar-refractivity contribution in [2.75, 3.05) is 57.9 Å². The summed E-state index contributed by atoms with van der Waals surface area (Å²) in [5.41, 5.74) is 1.22. The number of carbonyl (C=O) groups is 2. The average Bonchev–Trinajstić information content (AvgIpc) is 3.09. The van der Waals surface area contributed by atoms with E-state index in [0.717, 1.165) is 70.2 Å². The molecule has 0 radical (unpaired) electrons. The van der Waals surface area contributed by atoms with Crippen LogP contribution in [0.2, 0.25) is 0 Å². The minimum atomic E-state index is -0.0879. The summed E-state index contributed by atoms with van der Waals surface area (Å²) in [6.07, 6.45) is 3.90. The lowest BCUT2D eigenvalue weighted by atomic mass is 9.77. The number of aromatic nitrogens is 1. The number of rotatable bonds is 6. The van der Waals surface area contributed by atoms with E-state index in [4.69, 9.17) is 4.74 Å². The number of hydrogen-bond donors (Lipinski definition) is 1. The molecule has 3 fully saturated rings. The molecule has 1 atom stereocenters. The number of amides is 2. The van der Waals surface area contributed by atoms with E-state index in [-0.39, 0.29) is 29.3 Å². The Hall–Kier alpha value is -2.19. The Labute approximate surface area is 184 Å². The molecule has 170 valence electrons. The van der Waals surface area contributed by atoms with Crippen molar-refractivity contribution in [2.45, 2.75) is 45.2 Å². The fraction of sp³-hybridized carbons (Fsp3) is 0.696. The smallest absolute Gasteiger partial charge is 0.237 e. The number of ether oxygens (including phenoxy) is 1. The van der Waals surface area contributed by atoms with Crippen LogP contribution in [0.15, 0.2) is 18.3 Å². The highest BCUT2D eigenvalue weighted by molar-refractivity contribution is 5.83. The van der Waals surface area contributed by atoms with Gasteiger partial charge in [0.15, 0.2) is 0 Å². The quantitative estimate of drug-likeness (QED) is 0.724. The molecule has 8 heteroatoms. The van der Waals surface area contributed by atoms with Crippen LogP contribution < -0.4 is 10.2 Å². The van der Waals surface area contributed by atoms with Crippen LogP contribution >= 0.6 is 0 Å². The zero-order chi connectivity index (χ0) is 22.0. The number of pyridine rings is 1. The van der Waals surface area contributed by atoms with E-state index in [9.17, 15) is 9.59 Å². The summed E-state index contributed by atoms with van der Waals surface area (Å²) in [7, 11) is 2.01. The van der Waals surface area contributed by atoms with Crippen molar-refractivity contribution in [3.63, 3.8) is 0 Å². The molecule has 8 nitrogen and oxygen atoms in total. The molecule has 2 amide bonds. The number of nitrogens with zero attached hydrogens (tertiary/aromatic N) is 4. The highest BCUT2D eigenvalue weighted by Gasteiger charge is 2.53. The molecule has 4 heterocycles. The normalized spacial score (nSPS) is 23.3. The van der Waals surface area contributed by atoms with E-state index < -0.39 is 0 Å². The molecular formula is C23H35N5O3. The van der Waals surface area contributed by atoms with E-state index in [1.54, 1.807) is 0 Å². The molecule has 0 bridgehead atoms. The predicted octanol–water partition coefficient (Wildman–Crippen LogP) is 0.908. The number of nitrogens with one attached hydrogen (secondary N) is 1. The van der Waals surface area contributed by atoms with E-state index in [2.05, 4.69) is 26.2 Å². The van der Waals surface area contributed by atoms with Gasteiger partial charge in [-0.1, -0.05) is 0 Å². The summed E-state index contributed by atoms with van der Waals surface area (Å²) < 4.78 is 5.41. The molecule has 0 aromatic carbocycles. The van der Waals surface area contributed by atoms with Gasteiger partial charge in [-0.05, 0) is 51.4 Å². The van der Waals surface area contributed by atoms with Crippen molar-refractivity contribution in [1.82, 2.24) is 20.1 Å². The van der Waals surface area contributed by atoms with Crippen LogP contribution in [-0.2, 0) is 20.7 Å². The highest BCUT2D eigenvalue weighted by atomic mass is 16.5. The van der Waals surface area contributed by atoms with Gasteiger partial charge in [0.1, 0.15) is 5.82 Å². The molecule has 0 saturated carbocycles. The lowest BCUT2D eigenvalue weighted by Gasteiger charge is -2.48. The Balaban J connectivity index is 1.26. The minimum absolute atomic E-state index is 0.0730. The number of carbonyl (C=O) groups excluding carboxylic acids is 2. The third-order valence-corrected chi connectivity index (χ3v) is 6.65. The van der Waals surface area contributed by atoms with Gasteiger partial charge in [-0.25, -0.2) is 4.98 Å². The molecule has 1 aromatic rings. The van der Waals surface area contributed by atoms with Crippen molar-refractivity contribution in [1.29, 1.82) is 0 Å². The van der Waals surface area contributed by atoms with Crippen LogP contribution in [0.1, 0.15) is 32.3 Å². The zero-order valence-corrected chi connectivity index (χ0v) is 19.0. The van der Waals surface area contributed by atoms with Gasteiger partial charge in [-0.3, -0.25) is 14.5 Å². The lowest BCUT2D eigenvalue weighted by molar-refractivity contribution is -0.142. The van der Waals surface area contributed by atoms with Crippen molar-refractivity contribution < 1.29 is 14.3 Å². The molecule has 4 rings (SSSR count). The first-order chi connectivity index (χ1) is 14.8. The highest BCUT2D eigenvalue weighted by Crippen LogP contribution is 2.42. The van der Waals surface area contributed by atoms with Crippen LogP contribution in [0, 0.1) is 5.41 Å². The van der Waals surface area contributed by atoms with Crippen LogP contribution in [0.4, 0.5) is 5.82 Å². The fourth-order valence-corrected chi connectivity index (χ4v) is 5.10. The molecule has 0 aliphatic carbocycles. The van der Waals surface area contributed by atoms with Crippen LogP contribution in [0.3, 0.4) is 0 Å². The first kappa shape index (κ1) is 22.0. The standard InChI is InChI=1S/C23H35N5O3/c1-17(2)25-22(30)19-13-23(14-26(19)3)15-28(16-23)21(29)5-4-18-6-7-24-20(12-18)27-8-10-31-11-9-27/h6-7,12,17,19H,4-5,8-11,13-16H2,1-3H3,(H,25,30). The van der Waals surface area contributed by atoms with Crippen molar-refractivity contribution in [3.05, 3.63) is 23.9 Å². The largest absolute Gasteiger partial charge is 0.378 e. The zero-order valence-electron chi connectivity index (χ0n) is 19.0. The van der Waals surface area contributed by atoms with Gasteiger partial charge in [0.25, 0.3) is 0 Å². The number of aryl methyl sites for hydroxylation is 1. The minimum Gasteiger partial charge on any atom is -0.378 e. The molecule has 1 unspecified atom stereocenters. The van der Waals surface area contributed by atoms with E-state index >= 15 is 0 Å². The molecule has 3 saturated heterocycles. The molecule has 3 aliphatic rings. The molecule has 1 aromatic heterocycles. The first-order valence-electron chi connectivity index (χ1n) is 11.4. The second-order valence-corrected chi connectivity index (χ2v) is 9.67. The molecule has 3 aliphatic heterocycles. The maximum absolute atomic E-state index is 12.8. The van der Waals surface area contributed by atoms with Crippen LogP contribution in [0.25, 0.3) is 0 Å². The van der Waals surface area contributed by atoms with Gasteiger partial charge >= 0.3 is 0 Å². The number of anilines is 1. The Morgan fingerprint density at radius 1 is 1.26 bits per heavy atom. The van der Waals surface area contributed by atoms with Crippen molar-refractivity contribution in [2.24, 2.45) is 5.41 Å². The summed E-state index contributed by atoms with van der Waals surface area (Å²) in [5.74, 6) is 1.27. The summed E-state index contributed by atoms with van der Waals surface area (Å²) in [4.78, 5) is 36.0. The number of likely N-dealkylation sites (N-methyl/N-ethyl adjacent to an activating group) is 1. The van der Waals surface area contributed by atoms with Crippen molar-refractivity contribution >= 4 is 17.6 Å². The Morgan fingerprint density at radius 3 is 2.71 bits per heavy atom. The van der Waals surface area contributed by atoms with Gasteiger partial charge in [-0.2, -0.15) is 0 Å². The Bertz CT molecular complexity index is 802. The SMILES string of the molecule is CC(C)NC(=O)C1CC2(CN(C(=O)CCc3ccnc(N4CCOCC4)c3)C2)CN1C. The molecule has 1 N–H and O–H groups in total. The number of likely N-dealkylation sites (tertiary alicyclic amines) is 2. The Morgan fingerprint density at radius 2 is 2.00 bits per heavy atom. The summed E-state index contributed by atoms with van der Waals surface area (Å²) in [6.45, 7) is 9.55. The average molecular weight is 430 g/mol. The molecule has 1 spiro atoms. The predicted molar refractivity (Wildman–Crippen MR) is 119 cm³/mol. The van der Waals surface area contributed by atoms with Gasteiger partial charge < -0.3 is 19.9 Å². The Kier molecular flexibility index (Phi) is 6.48. The van der Waals surface area contributed by atoms with Gasteiger partial charge in [0.05, 0.1) is 19.3 Å². The summed E-state index contributed by atoms with van der Waals surface area (Å²) >= 11 is 0. The first-order valence-corrected chi connectivity index (χ1v) is 11.4. The fourth-order valence-electron chi connectivity index (χ4n) is 5.10. The third-order valence-electron chi connectivity index (χ3n) is 6.65. The molecule has 31 heavy (non-hydrogen) atoms. The second-order valence-electron chi connectivity index (χ2n) is 9.67. The number of morpholine rings is 1. The van der Waals surface area contributed by atoms with E-state index in [1.807, 2.05) is 38.1 Å². The van der Waals surface area contributed by atoms with Crippen LogP contribution in [-0.4, -0.2) is 91.7 Å².